The molecule has 0 unspecified atom stereocenters. The van der Waals surface area contributed by atoms with Gasteiger partial charge in [0.15, 0.2) is 0 Å². The predicted molar refractivity (Wildman–Crippen MR) is 77.4 cm³/mol. The van der Waals surface area contributed by atoms with Gasteiger partial charge in [-0.05, 0) is 24.3 Å². The quantitative estimate of drug-likeness (QED) is 0.427. The second-order valence-corrected chi connectivity index (χ2v) is 5.60. The molecule has 3 nitrogen and oxygen atoms in total. The van der Waals surface area contributed by atoms with Crippen LogP contribution < -0.4 is 0 Å². The number of rotatable bonds is 2. The molecule has 1 aromatic rings. The van der Waals surface area contributed by atoms with Crippen LogP contribution in [-0.4, -0.2) is 4.92 Å². The third-order valence-electron chi connectivity index (χ3n) is 4.18. The summed E-state index contributed by atoms with van der Waals surface area (Å²) in [5, 5.41) is 10.4. The summed E-state index contributed by atoms with van der Waals surface area (Å²) in [6, 6.07) is 7.00. The summed E-state index contributed by atoms with van der Waals surface area (Å²) >= 11 is 0. The second kappa shape index (κ2) is 9.14. The molecule has 2 saturated carbocycles. The molecule has 0 aliphatic heterocycles. The minimum Gasteiger partial charge on any atom is -0.258 e. The van der Waals surface area contributed by atoms with E-state index in [9.17, 15) is 10.1 Å². The van der Waals surface area contributed by atoms with Gasteiger partial charge in [-0.25, -0.2) is 0 Å². The van der Waals surface area contributed by atoms with Crippen molar-refractivity contribution in [3.8, 4) is 0 Å². The zero-order valence-corrected chi connectivity index (χ0v) is 13.0. The third kappa shape index (κ3) is 5.26. The first kappa shape index (κ1) is 17.2. The van der Waals surface area contributed by atoms with Gasteiger partial charge in [-0.1, -0.05) is 57.1 Å². The van der Waals surface area contributed by atoms with E-state index in [1.54, 1.807) is 12.1 Å². The number of benzene rings is 1. The van der Waals surface area contributed by atoms with Crippen LogP contribution in [0.15, 0.2) is 24.3 Å². The summed E-state index contributed by atoms with van der Waals surface area (Å²) < 4.78 is 0. The fraction of sp³-hybridized carbons (Fsp3) is 0.625. The molecule has 2 fully saturated rings. The maximum Gasteiger partial charge on any atom is 0.269 e. The van der Waals surface area contributed by atoms with Gasteiger partial charge < -0.3 is 0 Å². The van der Waals surface area contributed by atoms with Crippen LogP contribution in [0.25, 0.3) is 0 Å². The Balaban J connectivity index is 0.000000283. The zero-order chi connectivity index (χ0) is 13.5. The van der Waals surface area contributed by atoms with Crippen LogP contribution in [0.5, 0.6) is 0 Å². The molecule has 3 rings (SSSR count). The van der Waals surface area contributed by atoms with Crippen LogP contribution >= 0.6 is 0 Å². The van der Waals surface area contributed by atoms with Crippen molar-refractivity contribution in [3.05, 3.63) is 39.9 Å². The largest absolute Gasteiger partial charge is 0.269 e. The maximum atomic E-state index is 10.4. The van der Waals surface area contributed by atoms with Gasteiger partial charge in [-0.15, -0.1) is 0 Å². The topological polar surface area (TPSA) is 43.1 Å². The molecular weight excluding hydrogens is 294 g/mol. The van der Waals surface area contributed by atoms with Crippen LogP contribution in [-0.2, 0) is 17.1 Å². The number of nitro benzene ring substituents is 1. The normalized spacial score (nSPS) is 18.0. The van der Waals surface area contributed by atoms with Gasteiger partial charge in [0.2, 0.25) is 0 Å². The molecule has 0 spiro atoms. The first-order valence-electron chi connectivity index (χ1n) is 7.52. The van der Waals surface area contributed by atoms with Gasteiger partial charge in [0, 0.05) is 29.2 Å². The minimum atomic E-state index is -0.349. The van der Waals surface area contributed by atoms with E-state index < -0.39 is 0 Å². The first-order valence-corrected chi connectivity index (χ1v) is 7.52. The van der Waals surface area contributed by atoms with Crippen molar-refractivity contribution in [1.29, 1.82) is 0 Å². The van der Waals surface area contributed by atoms with Gasteiger partial charge in [-0.3, -0.25) is 10.1 Å². The second-order valence-electron chi connectivity index (χ2n) is 5.60. The van der Waals surface area contributed by atoms with E-state index in [-0.39, 0.29) is 27.7 Å². The van der Waals surface area contributed by atoms with E-state index in [2.05, 4.69) is 0 Å². The van der Waals surface area contributed by atoms with E-state index in [1.807, 2.05) is 12.1 Å². The molecule has 1 aromatic carbocycles. The Morgan fingerprint density at radius 3 is 1.70 bits per heavy atom. The van der Waals surface area contributed by atoms with Crippen molar-refractivity contribution in [2.24, 2.45) is 0 Å². The van der Waals surface area contributed by atoms with E-state index >= 15 is 0 Å². The summed E-state index contributed by atoms with van der Waals surface area (Å²) in [5.41, 5.74) is 1.44. The number of hydrogen-bond acceptors (Lipinski definition) is 2. The Bertz CT molecular complexity index is 388. The smallest absolute Gasteiger partial charge is 0.258 e. The fourth-order valence-electron chi connectivity index (χ4n) is 3.01. The molecule has 0 heterocycles. The van der Waals surface area contributed by atoms with Crippen molar-refractivity contribution < 1.29 is 22.0 Å². The Hall–Kier alpha value is -0.861. The fourth-order valence-corrected chi connectivity index (χ4v) is 3.01. The van der Waals surface area contributed by atoms with Gasteiger partial charge in [-0.2, -0.15) is 0 Å². The Morgan fingerprint density at radius 1 is 0.850 bits per heavy atom. The van der Waals surface area contributed by atoms with Gasteiger partial charge in [0.05, 0.1) is 4.92 Å². The molecule has 2 aliphatic rings. The van der Waals surface area contributed by atoms with Crippen LogP contribution in [0, 0.1) is 10.1 Å². The predicted octanol–water partition coefficient (Wildman–Crippen LogP) is 5.20. The minimum absolute atomic E-state index is 0. The van der Waals surface area contributed by atoms with E-state index in [4.69, 9.17) is 0 Å². The third-order valence-corrected chi connectivity index (χ3v) is 4.18. The monoisotopic (exact) mass is 317 g/mol. The Morgan fingerprint density at radius 2 is 1.30 bits per heavy atom. The molecule has 112 valence electrons. The first-order chi connectivity index (χ1) is 9.27. The number of hydrogen-bond donors (Lipinski definition) is 0. The van der Waals surface area contributed by atoms with Gasteiger partial charge in [0.1, 0.15) is 0 Å². The molecule has 0 amide bonds. The SMILES string of the molecule is C1CCCC1.O=[N+]([O-])c1ccc(C2CCCC2)cc1.[Fe]. The van der Waals surface area contributed by atoms with Crippen LogP contribution in [0.2, 0.25) is 0 Å². The Labute approximate surface area is 131 Å². The summed E-state index contributed by atoms with van der Waals surface area (Å²) in [7, 11) is 0. The summed E-state index contributed by atoms with van der Waals surface area (Å²) in [5.74, 6) is 0.635. The zero-order valence-electron chi connectivity index (χ0n) is 11.9. The number of nitro groups is 1. The Kier molecular flexibility index (Phi) is 7.86. The van der Waals surface area contributed by atoms with Crippen LogP contribution in [0.4, 0.5) is 5.69 Å². The molecule has 0 N–H and O–H groups in total. The average molecular weight is 317 g/mol. The van der Waals surface area contributed by atoms with Crippen molar-refractivity contribution in [1.82, 2.24) is 0 Å². The standard InChI is InChI=1S/C11H13NO2.C5H10.Fe/c13-12(14)11-7-5-10(6-8-11)9-3-1-2-4-9;1-2-4-5-3-1;/h5-9H,1-4H2;1-5H2;. The van der Waals surface area contributed by atoms with Crippen LogP contribution in [0.3, 0.4) is 0 Å². The van der Waals surface area contributed by atoms with Crippen LogP contribution in [0.1, 0.15) is 69.3 Å². The molecule has 0 radical (unpaired) electrons. The van der Waals surface area contributed by atoms with Gasteiger partial charge >= 0.3 is 0 Å². The molecule has 4 heteroatoms. The van der Waals surface area contributed by atoms with E-state index in [0.29, 0.717) is 5.92 Å². The van der Waals surface area contributed by atoms with Crippen molar-refractivity contribution in [3.63, 3.8) is 0 Å². The van der Waals surface area contributed by atoms with Gasteiger partial charge in [0.25, 0.3) is 5.69 Å². The molecular formula is C16H23FeNO2. The molecule has 2 aliphatic carbocycles. The number of nitrogens with zero attached hydrogens (tertiary/aromatic N) is 1. The number of non-ortho nitro benzene ring substituents is 1. The summed E-state index contributed by atoms with van der Waals surface area (Å²) in [4.78, 5) is 10.1. The van der Waals surface area contributed by atoms with E-state index in [0.717, 1.165) is 0 Å². The van der Waals surface area contributed by atoms with Crippen molar-refractivity contribution in [2.45, 2.75) is 63.7 Å². The maximum absolute atomic E-state index is 10.4. The summed E-state index contributed by atoms with van der Waals surface area (Å²) in [6.45, 7) is 0. The average Bonchev–Trinajstić information content (AvgIpc) is 3.15. The van der Waals surface area contributed by atoms with Crippen molar-refractivity contribution >= 4 is 5.69 Å². The molecule has 0 aromatic heterocycles. The molecule has 0 saturated heterocycles. The molecule has 20 heavy (non-hydrogen) atoms. The molecule has 0 bridgehead atoms. The molecule has 0 atom stereocenters. The van der Waals surface area contributed by atoms with Crippen molar-refractivity contribution in [2.75, 3.05) is 0 Å². The van der Waals surface area contributed by atoms with E-state index in [1.165, 1.54) is 63.4 Å². The summed E-state index contributed by atoms with van der Waals surface area (Å²) in [6.07, 6.45) is 12.6.